The molecule has 0 saturated carbocycles. The highest BCUT2D eigenvalue weighted by Crippen LogP contribution is 2.27. The fourth-order valence-electron chi connectivity index (χ4n) is 3.98. The Balaban J connectivity index is 0.00000245. The fourth-order valence-corrected chi connectivity index (χ4v) is 3.98. The van der Waals surface area contributed by atoms with Gasteiger partial charge in [-0.2, -0.15) is 10.1 Å². The average molecular weight is 461 g/mol. The zero-order valence-corrected chi connectivity index (χ0v) is 18.1. The van der Waals surface area contributed by atoms with Gasteiger partial charge in [0.1, 0.15) is 17.2 Å². The Labute approximate surface area is 188 Å². The Kier molecular flexibility index (Phi) is 6.24. The lowest BCUT2D eigenvalue weighted by Gasteiger charge is -2.23. The molecule has 0 spiro atoms. The van der Waals surface area contributed by atoms with Crippen molar-refractivity contribution >= 4 is 18.1 Å². The van der Waals surface area contributed by atoms with E-state index in [0.29, 0.717) is 22.5 Å². The summed E-state index contributed by atoms with van der Waals surface area (Å²) in [6, 6.07) is 6.21. The summed E-state index contributed by atoms with van der Waals surface area (Å²) in [6.07, 6.45) is 3.62. The molecule has 4 heterocycles. The average Bonchev–Trinajstić information content (AvgIpc) is 3.42. The summed E-state index contributed by atoms with van der Waals surface area (Å²) in [5.74, 6) is 0.823. The van der Waals surface area contributed by atoms with Crippen molar-refractivity contribution in [3.63, 3.8) is 0 Å². The molecule has 0 unspecified atom stereocenters. The first-order valence-electron chi connectivity index (χ1n) is 10.1. The number of aromatic amines is 1. The van der Waals surface area contributed by atoms with Crippen molar-refractivity contribution in [1.29, 1.82) is 0 Å². The van der Waals surface area contributed by atoms with Crippen LogP contribution in [0.4, 0.5) is 4.39 Å². The van der Waals surface area contributed by atoms with Crippen LogP contribution in [0.5, 0.6) is 5.75 Å². The van der Waals surface area contributed by atoms with Crippen LogP contribution >= 0.6 is 12.4 Å². The van der Waals surface area contributed by atoms with Gasteiger partial charge < -0.3 is 19.6 Å². The van der Waals surface area contributed by atoms with Crippen LogP contribution in [-0.2, 0) is 6.42 Å². The number of nitrogens with zero attached hydrogens (tertiary/aromatic N) is 4. The molecule has 1 aliphatic heterocycles. The molecule has 0 atom stereocenters. The van der Waals surface area contributed by atoms with Gasteiger partial charge in [0, 0.05) is 18.1 Å². The molecule has 1 fully saturated rings. The number of nitrogens with one attached hydrogen (secondary N) is 2. The third-order valence-electron chi connectivity index (χ3n) is 5.60. The van der Waals surface area contributed by atoms with Crippen molar-refractivity contribution in [2.45, 2.75) is 25.2 Å². The van der Waals surface area contributed by atoms with Crippen LogP contribution in [0.25, 0.3) is 17.0 Å². The highest BCUT2D eigenvalue weighted by atomic mass is 35.5. The fraction of sp³-hybridized carbons (Fsp3) is 0.333. The summed E-state index contributed by atoms with van der Waals surface area (Å²) in [5.41, 5.74) is 2.15. The number of halogens is 2. The molecule has 1 aromatic carbocycles. The van der Waals surface area contributed by atoms with Gasteiger partial charge in [0.2, 0.25) is 11.7 Å². The first-order valence-corrected chi connectivity index (χ1v) is 10.1. The predicted octanol–water partition coefficient (Wildman–Crippen LogP) is 2.70. The standard InChI is InChI=1S/C21H21FN6O3.ClH/c1-30-14-3-2-13(16(22)9-14)8-19-26-20(27-31-19)15-11-24-28-17(10-18(29)25-21(15)28)12-4-6-23-7-5-12;/h2-3,9-12,23H,4-8H2,1H3,(H,25,29);1H. The van der Waals surface area contributed by atoms with Crippen molar-refractivity contribution in [3.05, 3.63) is 63.8 Å². The molecule has 0 aliphatic carbocycles. The lowest BCUT2D eigenvalue weighted by molar-refractivity contribution is 0.383. The van der Waals surface area contributed by atoms with Gasteiger partial charge in [0.25, 0.3) is 5.56 Å². The molecule has 1 aliphatic rings. The van der Waals surface area contributed by atoms with Gasteiger partial charge in [-0.1, -0.05) is 11.2 Å². The summed E-state index contributed by atoms with van der Waals surface area (Å²) in [6.45, 7) is 1.81. The minimum absolute atomic E-state index is 0. The van der Waals surface area contributed by atoms with Gasteiger partial charge in [0.15, 0.2) is 0 Å². The quantitative estimate of drug-likeness (QED) is 0.471. The second kappa shape index (κ2) is 9.09. The Morgan fingerprint density at radius 1 is 1.28 bits per heavy atom. The number of fused-ring (bicyclic) bond motifs is 1. The van der Waals surface area contributed by atoms with E-state index in [1.807, 2.05) is 0 Å². The number of hydrogen-bond acceptors (Lipinski definition) is 7. The van der Waals surface area contributed by atoms with Crippen molar-refractivity contribution < 1.29 is 13.7 Å². The Bertz CT molecular complexity index is 1290. The second-order valence-electron chi connectivity index (χ2n) is 7.55. The first-order chi connectivity index (χ1) is 15.1. The maximum atomic E-state index is 14.2. The molecular weight excluding hydrogens is 439 g/mol. The van der Waals surface area contributed by atoms with Gasteiger partial charge in [0.05, 0.1) is 31.0 Å². The van der Waals surface area contributed by atoms with E-state index in [9.17, 15) is 9.18 Å². The van der Waals surface area contributed by atoms with E-state index in [4.69, 9.17) is 9.26 Å². The number of benzene rings is 1. The number of rotatable bonds is 5. The van der Waals surface area contributed by atoms with E-state index in [1.54, 1.807) is 28.9 Å². The molecule has 1 saturated heterocycles. The number of H-pyrrole nitrogens is 1. The van der Waals surface area contributed by atoms with Crippen LogP contribution in [0.3, 0.4) is 0 Å². The van der Waals surface area contributed by atoms with E-state index in [2.05, 4.69) is 25.5 Å². The van der Waals surface area contributed by atoms with Crippen molar-refractivity contribution in [2.75, 3.05) is 20.2 Å². The van der Waals surface area contributed by atoms with Crippen LogP contribution in [-0.4, -0.2) is 44.9 Å². The largest absolute Gasteiger partial charge is 0.497 e. The number of aromatic nitrogens is 5. The van der Waals surface area contributed by atoms with E-state index >= 15 is 0 Å². The van der Waals surface area contributed by atoms with E-state index < -0.39 is 5.82 Å². The van der Waals surface area contributed by atoms with Crippen molar-refractivity contribution in [2.24, 2.45) is 0 Å². The second-order valence-corrected chi connectivity index (χ2v) is 7.55. The smallest absolute Gasteiger partial charge is 0.251 e. The Hall–Kier alpha value is -3.24. The molecular formula is C21H22ClFN6O3. The van der Waals surface area contributed by atoms with Gasteiger partial charge in [-0.15, -0.1) is 12.4 Å². The zero-order chi connectivity index (χ0) is 21.4. The SMILES string of the molecule is COc1ccc(Cc2nc(-c3cnn4c(C5CCNCC5)cc(=O)[nH]c34)no2)c(F)c1.Cl. The van der Waals surface area contributed by atoms with Gasteiger partial charge in [-0.25, -0.2) is 8.91 Å². The summed E-state index contributed by atoms with van der Waals surface area (Å²) in [4.78, 5) is 19.6. The summed E-state index contributed by atoms with van der Waals surface area (Å²) in [7, 11) is 1.48. The third kappa shape index (κ3) is 4.11. The van der Waals surface area contributed by atoms with Gasteiger partial charge >= 0.3 is 0 Å². The van der Waals surface area contributed by atoms with Crippen molar-refractivity contribution in [3.8, 4) is 17.1 Å². The Morgan fingerprint density at radius 3 is 2.84 bits per heavy atom. The van der Waals surface area contributed by atoms with Crippen LogP contribution < -0.4 is 15.6 Å². The maximum absolute atomic E-state index is 14.2. The molecule has 32 heavy (non-hydrogen) atoms. The van der Waals surface area contributed by atoms with E-state index in [1.165, 1.54) is 13.2 Å². The molecule has 0 radical (unpaired) electrons. The van der Waals surface area contributed by atoms with Crippen LogP contribution in [0.15, 0.2) is 39.8 Å². The minimum Gasteiger partial charge on any atom is -0.497 e. The normalized spacial score (nSPS) is 14.4. The maximum Gasteiger partial charge on any atom is 0.251 e. The highest BCUT2D eigenvalue weighted by molar-refractivity contribution is 5.85. The number of hydrogen-bond donors (Lipinski definition) is 2. The molecule has 9 nitrogen and oxygen atoms in total. The molecule has 3 aromatic heterocycles. The molecule has 2 N–H and O–H groups in total. The molecule has 4 aromatic rings. The molecule has 0 bridgehead atoms. The van der Waals surface area contributed by atoms with Crippen LogP contribution in [0.2, 0.25) is 0 Å². The van der Waals surface area contributed by atoms with Crippen LogP contribution in [0.1, 0.15) is 35.9 Å². The lowest BCUT2D eigenvalue weighted by Crippen LogP contribution is -2.28. The summed E-state index contributed by atoms with van der Waals surface area (Å²) in [5, 5.41) is 11.8. The van der Waals surface area contributed by atoms with Crippen LogP contribution in [0, 0.1) is 5.82 Å². The number of ether oxygens (including phenoxy) is 1. The molecule has 0 amide bonds. The minimum atomic E-state index is -0.411. The number of methoxy groups -OCH3 is 1. The molecule has 5 rings (SSSR count). The first kappa shape index (κ1) is 22.0. The topological polar surface area (TPSA) is 110 Å². The third-order valence-corrected chi connectivity index (χ3v) is 5.60. The van der Waals surface area contributed by atoms with E-state index in [0.717, 1.165) is 31.6 Å². The van der Waals surface area contributed by atoms with Crippen molar-refractivity contribution in [1.82, 2.24) is 30.1 Å². The lowest BCUT2D eigenvalue weighted by atomic mass is 9.94. The monoisotopic (exact) mass is 460 g/mol. The summed E-state index contributed by atoms with van der Waals surface area (Å²) >= 11 is 0. The predicted molar refractivity (Wildman–Crippen MR) is 117 cm³/mol. The summed E-state index contributed by atoms with van der Waals surface area (Å²) < 4.78 is 26.3. The van der Waals surface area contributed by atoms with Gasteiger partial charge in [-0.05, 0) is 37.6 Å². The molecule has 11 heteroatoms. The molecule has 168 valence electrons. The van der Waals surface area contributed by atoms with E-state index in [-0.39, 0.29) is 42.0 Å². The van der Waals surface area contributed by atoms with Gasteiger partial charge in [-0.3, -0.25) is 4.79 Å². The number of piperidine rings is 1. The Morgan fingerprint density at radius 2 is 2.09 bits per heavy atom. The highest BCUT2D eigenvalue weighted by Gasteiger charge is 2.22. The zero-order valence-electron chi connectivity index (χ0n) is 17.3.